The van der Waals surface area contributed by atoms with Crippen molar-refractivity contribution in [2.75, 3.05) is 38.6 Å². The van der Waals surface area contributed by atoms with Crippen molar-refractivity contribution in [2.45, 2.75) is 26.9 Å². The van der Waals surface area contributed by atoms with Crippen LogP contribution in [-0.4, -0.2) is 58.2 Å². The summed E-state index contributed by atoms with van der Waals surface area (Å²) < 4.78 is 2.02. The molecule has 0 N–H and O–H groups in total. The normalized spacial score (nSPS) is 18.1. The van der Waals surface area contributed by atoms with Gasteiger partial charge in [-0.05, 0) is 13.8 Å². The second kappa shape index (κ2) is 6.93. The highest BCUT2D eigenvalue weighted by Gasteiger charge is 2.20. The highest BCUT2D eigenvalue weighted by molar-refractivity contribution is 6.31. The Morgan fingerprint density at radius 2 is 1.79 bits per heavy atom. The number of hydrogen-bond donors (Lipinski definition) is 0. The Labute approximate surface area is 125 Å². The molecule has 0 amide bonds. The summed E-state index contributed by atoms with van der Waals surface area (Å²) in [6.07, 6.45) is 0. The van der Waals surface area contributed by atoms with Gasteiger partial charge in [0.2, 0.25) is 0 Å². The van der Waals surface area contributed by atoms with Crippen LogP contribution in [0.4, 0.5) is 0 Å². The molecule has 1 aliphatic heterocycles. The maximum absolute atomic E-state index is 6.35. The smallest absolute Gasteiger partial charge is 0.0860 e. The summed E-state index contributed by atoms with van der Waals surface area (Å²) in [5.74, 6) is 0.716. The Kier molecular flexibility index (Phi) is 5.51. The third-order valence-electron chi connectivity index (χ3n) is 3.69. The van der Waals surface area contributed by atoms with Crippen LogP contribution in [0.2, 0.25) is 5.02 Å². The highest BCUT2D eigenvalue weighted by atomic mass is 35.5. The van der Waals surface area contributed by atoms with Crippen molar-refractivity contribution in [3.63, 3.8) is 0 Å². The molecule has 0 radical (unpaired) electrons. The average Bonchev–Trinajstić information content (AvgIpc) is 2.69. The first-order chi connectivity index (χ1) is 9.15. The number of aryl methyl sites for hydroxylation is 2. The van der Waals surface area contributed by atoms with E-state index in [0.717, 1.165) is 62.2 Å². The van der Waals surface area contributed by atoms with Gasteiger partial charge in [-0.1, -0.05) is 11.6 Å². The van der Waals surface area contributed by atoms with Gasteiger partial charge in [-0.25, -0.2) is 0 Å². The van der Waals surface area contributed by atoms with Gasteiger partial charge in [0.1, 0.15) is 0 Å². The molecule has 1 saturated heterocycles. The van der Waals surface area contributed by atoms with Crippen LogP contribution in [0.25, 0.3) is 0 Å². The molecule has 1 aliphatic rings. The Hall–Kier alpha value is -0.290. The molecule has 0 unspecified atom stereocenters. The fourth-order valence-corrected chi connectivity index (χ4v) is 2.96. The zero-order valence-electron chi connectivity index (χ0n) is 11.7. The summed E-state index contributed by atoms with van der Waals surface area (Å²) in [7, 11) is 0. The predicted octanol–water partition coefficient (Wildman–Crippen LogP) is 2.22. The minimum Gasteiger partial charge on any atom is -0.300 e. The van der Waals surface area contributed by atoms with Crippen molar-refractivity contribution in [1.29, 1.82) is 0 Å². The molecule has 6 heteroatoms. The standard InChI is InChI=1S/C13H22Cl2N4/c1-3-19-12(13(15)11(2)16-19)10-18-8-6-17(5-4-14)7-9-18/h3-10H2,1-2H3. The third-order valence-corrected chi connectivity index (χ3v) is 4.35. The van der Waals surface area contributed by atoms with Crippen LogP contribution < -0.4 is 0 Å². The van der Waals surface area contributed by atoms with Gasteiger partial charge in [-0.2, -0.15) is 5.10 Å². The SMILES string of the molecule is CCn1nc(C)c(Cl)c1CN1CCN(CCCl)CC1. The lowest BCUT2D eigenvalue weighted by molar-refractivity contribution is 0.130. The quantitative estimate of drug-likeness (QED) is 0.780. The Balaban J connectivity index is 1.95. The molecule has 1 aromatic heterocycles. The summed E-state index contributed by atoms with van der Waals surface area (Å²) in [6, 6.07) is 0. The minimum atomic E-state index is 0.716. The fraction of sp³-hybridized carbons (Fsp3) is 0.769. The molecule has 2 heterocycles. The predicted molar refractivity (Wildman–Crippen MR) is 80.1 cm³/mol. The van der Waals surface area contributed by atoms with Gasteiger partial charge < -0.3 is 0 Å². The molecule has 0 aliphatic carbocycles. The zero-order valence-corrected chi connectivity index (χ0v) is 13.2. The monoisotopic (exact) mass is 304 g/mol. The van der Waals surface area contributed by atoms with E-state index in [2.05, 4.69) is 21.8 Å². The molecule has 0 spiro atoms. The summed E-state index contributed by atoms with van der Waals surface area (Å²) in [4.78, 5) is 4.85. The van der Waals surface area contributed by atoms with Crippen LogP contribution in [0.15, 0.2) is 0 Å². The number of nitrogens with zero attached hydrogens (tertiary/aromatic N) is 4. The third kappa shape index (κ3) is 3.63. The summed E-state index contributed by atoms with van der Waals surface area (Å²) in [5.41, 5.74) is 2.08. The molecule has 0 aromatic carbocycles. The summed E-state index contributed by atoms with van der Waals surface area (Å²) in [5, 5.41) is 5.29. The minimum absolute atomic E-state index is 0.716. The van der Waals surface area contributed by atoms with Crippen molar-refractivity contribution >= 4 is 23.2 Å². The van der Waals surface area contributed by atoms with E-state index in [4.69, 9.17) is 23.2 Å². The van der Waals surface area contributed by atoms with Crippen molar-refractivity contribution < 1.29 is 0 Å². The zero-order chi connectivity index (χ0) is 13.8. The average molecular weight is 305 g/mol. The molecule has 0 bridgehead atoms. The van der Waals surface area contributed by atoms with E-state index < -0.39 is 0 Å². The highest BCUT2D eigenvalue weighted by Crippen LogP contribution is 2.22. The first kappa shape index (κ1) is 15.1. The summed E-state index contributed by atoms with van der Waals surface area (Å²) >= 11 is 12.1. The molecule has 0 atom stereocenters. The topological polar surface area (TPSA) is 24.3 Å². The Bertz CT molecular complexity index is 411. The Morgan fingerprint density at radius 1 is 1.16 bits per heavy atom. The van der Waals surface area contributed by atoms with E-state index in [0.29, 0.717) is 5.88 Å². The van der Waals surface area contributed by atoms with Crippen molar-refractivity contribution in [3.05, 3.63) is 16.4 Å². The van der Waals surface area contributed by atoms with Gasteiger partial charge in [0.15, 0.2) is 0 Å². The lowest BCUT2D eigenvalue weighted by Gasteiger charge is -2.34. The van der Waals surface area contributed by atoms with Gasteiger partial charge in [0.05, 0.1) is 16.4 Å². The number of hydrogen-bond acceptors (Lipinski definition) is 3. The molecule has 4 nitrogen and oxygen atoms in total. The largest absolute Gasteiger partial charge is 0.300 e. The first-order valence-electron chi connectivity index (χ1n) is 6.88. The van der Waals surface area contributed by atoms with Crippen molar-refractivity contribution in [1.82, 2.24) is 19.6 Å². The molecule has 19 heavy (non-hydrogen) atoms. The van der Waals surface area contributed by atoms with Gasteiger partial charge in [0, 0.05) is 51.7 Å². The van der Waals surface area contributed by atoms with E-state index in [-0.39, 0.29) is 0 Å². The molecule has 108 valence electrons. The van der Waals surface area contributed by atoms with Crippen LogP contribution in [-0.2, 0) is 13.1 Å². The number of halogens is 2. The number of alkyl halides is 1. The van der Waals surface area contributed by atoms with Crippen LogP contribution in [0.1, 0.15) is 18.3 Å². The lowest BCUT2D eigenvalue weighted by Crippen LogP contribution is -2.46. The molecular formula is C13H22Cl2N4. The van der Waals surface area contributed by atoms with Crippen LogP contribution in [0.5, 0.6) is 0 Å². The molecule has 1 aromatic rings. The van der Waals surface area contributed by atoms with Gasteiger partial charge >= 0.3 is 0 Å². The second-order valence-electron chi connectivity index (χ2n) is 4.97. The number of aromatic nitrogens is 2. The number of rotatable bonds is 5. The fourth-order valence-electron chi connectivity index (χ4n) is 2.52. The summed E-state index contributed by atoms with van der Waals surface area (Å²) in [6.45, 7) is 11.1. The molecule has 0 saturated carbocycles. The van der Waals surface area contributed by atoms with Crippen LogP contribution >= 0.6 is 23.2 Å². The van der Waals surface area contributed by atoms with Gasteiger partial charge in [-0.15, -0.1) is 11.6 Å². The van der Waals surface area contributed by atoms with Crippen molar-refractivity contribution in [2.24, 2.45) is 0 Å². The van der Waals surface area contributed by atoms with E-state index in [1.54, 1.807) is 0 Å². The Morgan fingerprint density at radius 3 is 2.37 bits per heavy atom. The first-order valence-corrected chi connectivity index (χ1v) is 7.79. The molecule has 1 fully saturated rings. The van der Waals surface area contributed by atoms with Gasteiger partial charge in [0.25, 0.3) is 0 Å². The van der Waals surface area contributed by atoms with Crippen molar-refractivity contribution in [3.8, 4) is 0 Å². The molecule has 2 rings (SSSR count). The van der Waals surface area contributed by atoms with Crippen LogP contribution in [0, 0.1) is 6.92 Å². The van der Waals surface area contributed by atoms with Gasteiger partial charge in [-0.3, -0.25) is 14.5 Å². The van der Waals surface area contributed by atoms with E-state index >= 15 is 0 Å². The van der Waals surface area contributed by atoms with Crippen LogP contribution in [0.3, 0.4) is 0 Å². The lowest BCUT2D eigenvalue weighted by atomic mass is 10.2. The van der Waals surface area contributed by atoms with E-state index in [9.17, 15) is 0 Å². The number of piperazine rings is 1. The van der Waals surface area contributed by atoms with E-state index in [1.807, 2.05) is 11.6 Å². The molecular weight excluding hydrogens is 283 g/mol. The second-order valence-corrected chi connectivity index (χ2v) is 5.72. The maximum atomic E-state index is 6.35. The van der Waals surface area contributed by atoms with E-state index in [1.165, 1.54) is 0 Å². The maximum Gasteiger partial charge on any atom is 0.0860 e.